The van der Waals surface area contributed by atoms with Crippen LogP contribution in [0.15, 0.2) is 0 Å². The summed E-state index contributed by atoms with van der Waals surface area (Å²) in [4.78, 5) is 0. The molecule has 0 atom stereocenters. The van der Waals surface area contributed by atoms with Gasteiger partial charge in [0, 0.05) is 11.1 Å². The van der Waals surface area contributed by atoms with Crippen LogP contribution in [0.4, 0.5) is 0 Å². The average Bonchev–Trinajstić information content (AvgIpc) is 2.23. The fourth-order valence-corrected chi connectivity index (χ4v) is 2.22. The van der Waals surface area contributed by atoms with E-state index in [1.54, 1.807) is 7.11 Å². The molecule has 15 heavy (non-hydrogen) atoms. The van der Waals surface area contributed by atoms with E-state index in [1.165, 1.54) is 0 Å². The van der Waals surface area contributed by atoms with Gasteiger partial charge in [0.1, 0.15) is 11.5 Å². The highest BCUT2D eigenvalue weighted by atomic mass is 16.5. The molecule has 0 spiro atoms. The standard InChI is InChI=1S/C13H20O2/c1-6-10-9(4)13(15-5)11(7-2)8(3)12(10)14/h14H,6-7H2,1-5H3. The molecule has 0 aliphatic rings. The van der Waals surface area contributed by atoms with E-state index >= 15 is 0 Å². The van der Waals surface area contributed by atoms with Crippen LogP contribution in [0.5, 0.6) is 11.5 Å². The van der Waals surface area contributed by atoms with Crippen molar-refractivity contribution in [3.8, 4) is 11.5 Å². The maximum atomic E-state index is 10.1. The third-order valence-electron chi connectivity index (χ3n) is 3.07. The van der Waals surface area contributed by atoms with Gasteiger partial charge in [0.25, 0.3) is 0 Å². The lowest BCUT2D eigenvalue weighted by Gasteiger charge is -2.18. The molecule has 0 radical (unpaired) electrons. The minimum absolute atomic E-state index is 0.438. The number of rotatable bonds is 3. The molecule has 2 nitrogen and oxygen atoms in total. The van der Waals surface area contributed by atoms with Gasteiger partial charge in [-0.3, -0.25) is 0 Å². The van der Waals surface area contributed by atoms with Crippen LogP contribution >= 0.6 is 0 Å². The predicted octanol–water partition coefficient (Wildman–Crippen LogP) is 3.14. The highest BCUT2D eigenvalue weighted by Gasteiger charge is 2.17. The van der Waals surface area contributed by atoms with Gasteiger partial charge in [-0.25, -0.2) is 0 Å². The number of ether oxygens (including phenoxy) is 1. The lowest BCUT2D eigenvalue weighted by molar-refractivity contribution is 0.401. The number of benzene rings is 1. The minimum atomic E-state index is 0.438. The lowest BCUT2D eigenvalue weighted by Crippen LogP contribution is -2.01. The zero-order valence-corrected chi connectivity index (χ0v) is 10.3. The van der Waals surface area contributed by atoms with Gasteiger partial charge in [-0.05, 0) is 37.8 Å². The highest BCUT2D eigenvalue weighted by molar-refractivity contribution is 5.57. The average molecular weight is 208 g/mol. The summed E-state index contributed by atoms with van der Waals surface area (Å²) >= 11 is 0. The molecule has 0 fully saturated rings. The Bertz CT molecular complexity index is 368. The van der Waals surface area contributed by atoms with Gasteiger partial charge in [0.05, 0.1) is 7.11 Å². The van der Waals surface area contributed by atoms with Crippen molar-refractivity contribution in [2.24, 2.45) is 0 Å². The zero-order chi connectivity index (χ0) is 11.6. The van der Waals surface area contributed by atoms with Crippen molar-refractivity contribution in [3.05, 3.63) is 22.3 Å². The number of phenols is 1. The molecule has 0 heterocycles. The van der Waals surface area contributed by atoms with Crippen molar-refractivity contribution in [2.45, 2.75) is 40.5 Å². The topological polar surface area (TPSA) is 29.5 Å². The fraction of sp³-hybridized carbons (Fsp3) is 0.538. The molecule has 0 amide bonds. The molecule has 0 saturated carbocycles. The third kappa shape index (κ3) is 1.81. The predicted molar refractivity (Wildman–Crippen MR) is 62.9 cm³/mol. The fourth-order valence-electron chi connectivity index (χ4n) is 2.22. The molecule has 0 saturated heterocycles. The van der Waals surface area contributed by atoms with Crippen molar-refractivity contribution < 1.29 is 9.84 Å². The van der Waals surface area contributed by atoms with Crippen molar-refractivity contribution in [1.29, 1.82) is 0 Å². The Labute approximate surface area is 91.9 Å². The van der Waals surface area contributed by atoms with E-state index < -0.39 is 0 Å². The number of phenolic OH excluding ortho intramolecular Hbond substituents is 1. The molecule has 1 aromatic rings. The Morgan fingerprint density at radius 1 is 1.00 bits per heavy atom. The van der Waals surface area contributed by atoms with E-state index in [0.717, 1.165) is 40.8 Å². The van der Waals surface area contributed by atoms with Crippen LogP contribution in [-0.2, 0) is 12.8 Å². The summed E-state index contributed by atoms with van der Waals surface area (Å²) in [6.45, 7) is 8.09. The molecule has 1 rings (SSSR count). The third-order valence-corrected chi connectivity index (χ3v) is 3.07. The Kier molecular flexibility index (Phi) is 3.61. The van der Waals surface area contributed by atoms with E-state index in [-0.39, 0.29) is 0 Å². The molecule has 0 aliphatic heterocycles. The largest absolute Gasteiger partial charge is 0.507 e. The second-order valence-corrected chi connectivity index (χ2v) is 3.80. The normalized spacial score (nSPS) is 10.5. The molecule has 2 heteroatoms. The smallest absolute Gasteiger partial charge is 0.125 e. The van der Waals surface area contributed by atoms with Gasteiger partial charge in [-0.1, -0.05) is 13.8 Å². The van der Waals surface area contributed by atoms with Crippen LogP contribution in [-0.4, -0.2) is 12.2 Å². The summed E-state index contributed by atoms with van der Waals surface area (Å²) in [5, 5.41) is 10.1. The second kappa shape index (κ2) is 4.56. The molecule has 84 valence electrons. The Morgan fingerprint density at radius 3 is 1.93 bits per heavy atom. The minimum Gasteiger partial charge on any atom is -0.507 e. The first kappa shape index (κ1) is 11.9. The van der Waals surface area contributed by atoms with E-state index in [9.17, 15) is 5.11 Å². The zero-order valence-electron chi connectivity index (χ0n) is 10.3. The van der Waals surface area contributed by atoms with E-state index in [4.69, 9.17) is 4.74 Å². The van der Waals surface area contributed by atoms with E-state index in [2.05, 4.69) is 6.92 Å². The Hall–Kier alpha value is -1.18. The van der Waals surface area contributed by atoms with Gasteiger partial charge in [0.2, 0.25) is 0 Å². The first-order chi connectivity index (χ1) is 7.08. The molecular weight excluding hydrogens is 188 g/mol. The summed E-state index contributed by atoms with van der Waals surface area (Å²) in [6.07, 6.45) is 1.71. The van der Waals surface area contributed by atoms with Crippen molar-refractivity contribution in [3.63, 3.8) is 0 Å². The second-order valence-electron chi connectivity index (χ2n) is 3.80. The first-order valence-corrected chi connectivity index (χ1v) is 5.46. The molecule has 0 aliphatic carbocycles. The molecule has 1 aromatic carbocycles. The lowest BCUT2D eigenvalue weighted by atomic mass is 9.94. The van der Waals surface area contributed by atoms with Gasteiger partial charge in [-0.2, -0.15) is 0 Å². The first-order valence-electron chi connectivity index (χ1n) is 5.46. The van der Waals surface area contributed by atoms with Crippen LogP contribution < -0.4 is 4.74 Å². The molecule has 1 N–H and O–H groups in total. The molecule has 0 unspecified atom stereocenters. The number of aromatic hydroxyl groups is 1. The summed E-state index contributed by atoms with van der Waals surface area (Å²) in [5.41, 5.74) is 4.14. The van der Waals surface area contributed by atoms with Crippen LogP contribution in [0.3, 0.4) is 0 Å². The summed E-state index contributed by atoms with van der Waals surface area (Å²) in [7, 11) is 1.69. The number of hydrogen-bond acceptors (Lipinski definition) is 2. The van der Waals surface area contributed by atoms with Crippen molar-refractivity contribution in [1.82, 2.24) is 0 Å². The maximum Gasteiger partial charge on any atom is 0.125 e. The van der Waals surface area contributed by atoms with Gasteiger partial charge >= 0.3 is 0 Å². The van der Waals surface area contributed by atoms with Crippen molar-refractivity contribution >= 4 is 0 Å². The quantitative estimate of drug-likeness (QED) is 0.827. The Morgan fingerprint density at radius 2 is 1.53 bits per heavy atom. The van der Waals surface area contributed by atoms with Crippen LogP contribution in [0.2, 0.25) is 0 Å². The number of methoxy groups -OCH3 is 1. The van der Waals surface area contributed by atoms with Gasteiger partial charge in [0.15, 0.2) is 0 Å². The van der Waals surface area contributed by atoms with E-state index in [1.807, 2.05) is 20.8 Å². The van der Waals surface area contributed by atoms with Crippen LogP contribution in [0.1, 0.15) is 36.1 Å². The monoisotopic (exact) mass is 208 g/mol. The number of hydrogen-bond donors (Lipinski definition) is 1. The van der Waals surface area contributed by atoms with Gasteiger partial charge < -0.3 is 9.84 Å². The SMILES string of the molecule is CCc1c(C)c(OC)c(CC)c(C)c1O. The van der Waals surface area contributed by atoms with Crippen LogP contribution in [0, 0.1) is 13.8 Å². The molecule has 0 aromatic heterocycles. The van der Waals surface area contributed by atoms with Crippen molar-refractivity contribution in [2.75, 3.05) is 7.11 Å². The van der Waals surface area contributed by atoms with E-state index in [0.29, 0.717) is 5.75 Å². The molecule has 0 bridgehead atoms. The molecular formula is C13H20O2. The maximum absolute atomic E-state index is 10.1. The Balaban J connectivity index is 3.57. The summed E-state index contributed by atoms with van der Waals surface area (Å²) < 4.78 is 5.43. The van der Waals surface area contributed by atoms with Gasteiger partial charge in [-0.15, -0.1) is 0 Å². The summed E-state index contributed by atoms with van der Waals surface area (Å²) in [6, 6.07) is 0. The summed E-state index contributed by atoms with van der Waals surface area (Å²) in [5.74, 6) is 1.37. The van der Waals surface area contributed by atoms with Crippen LogP contribution in [0.25, 0.3) is 0 Å². The highest BCUT2D eigenvalue weighted by Crippen LogP contribution is 2.37.